The number of nitrogens with one attached hydrogen (secondary N) is 1. The summed E-state index contributed by atoms with van der Waals surface area (Å²) in [5.41, 5.74) is 0. The van der Waals surface area contributed by atoms with Crippen molar-refractivity contribution in [3.63, 3.8) is 0 Å². The Morgan fingerprint density at radius 1 is 1.11 bits per heavy atom. The number of hydrogen-bond acceptors (Lipinski definition) is 2. The number of hydrogen-bond donors (Lipinski definition) is 1. The summed E-state index contributed by atoms with van der Waals surface area (Å²) in [6, 6.07) is 1.32. The Morgan fingerprint density at radius 2 is 1.78 bits per heavy atom. The molecule has 1 aliphatic heterocycles. The molecule has 2 fully saturated rings. The highest BCUT2D eigenvalue weighted by molar-refractivity contribution is 5.73. The molecule has 104 valence electrons. The van der Waals surface area contributed by atoms with E-state index >= 15 is 0 Å². The number of carbonyl (C=O) groups is 1. The van der Waals surface area contributed by atoms with Crippen molar-refractivity contribution in [1.82, 2.24) is 10.2 Å². The van der Waals surface area contributed by atoms with Gasteiger partial charge < -0.3 is 10.2 Å². The van der Waals surface area contributed by atoms with Crippen LogP contribution in [0.2, 0.25) is 0 Å². The molecule has 0 aromatic heterocycles. The van der Waals surface area contributed by atoms with Crippen molar-refractivity contribution < 1.29 is 4.79 Å². The van der Waals surface area contributed by atoms with E-state index in [1.807, 2.05) is 4.90 Å². The summed E-state index contributed by atoms with van der Waals surface area (Å²) in [5, 5.41) is 3.86. The number of nitrogens with zero attached hydrogens (tertiary/aromatic N) is 1. The van der Waals surface area contributed by atoms with Crippen LogP contribution in [-0.4, -0.2) is 36.0 Å². The molecule has 1 saturated carbocycles. The van der Waals surface area contributed by atoms with Gasteiger partial charge in [0.05, 0.1) is 0 Å². The van der Waals surface area contributed by atoms with Crippen molar-refractivity contribution in [2.75, 3.05) is 13.1 Å². The van der Waals surface area contributed by atoms with Crippen molar-refractivity contribution in [2.24, 2.45) is 11.8 Å². The number of piperidine rings is 1. The number of likely N-dealkylation sites (tertiary alicyclic amines) is 1. The summed E-state index contributed by atoms with van der Waals surface area (Å²) in [5.74, 6) is 1.88. The molecule has 2 rings (SSSR count). The van der Waals surface area contributed by atoms with Crippen molar-refractivity contribution >= 4 is 5.91 Å². The van der Waals surface area contributed by atoms with Gasteiger partial charge in [0, 0.05) is 32.1 Å². The fourth-order valence-corrected chi connectivity index (χ4v) is 3.48. The van der Waals surface area contributed by atoms with Crippen molar-refractivity contribution in [1.29, 1.82) is 0 Å². The fourth-order valence-electron chi connectivity index (χ4n) is 3.48. The van der Waals surface area contributed by atoms with Gasteiger partial charge in [0.2, 0.25) is 5.91 Å². The SMILES string of the molecule is CC(=O)N1CCC(NC2CCCC(C)C2C)CC1. The monoisotopic (exact) mass is 252 g/mol. The first kappa shape index (κ1) is 13.9. The summed E-state index contributed by atoms with van der Waals surface area (Å²) in [6.45, 7) is 8.33. The van der Waals surface area contributed by atoms with Crippen LogP contribution >= 0.6 is 0 Å². The van der Waals surface area contributed by atoms with Crippen LogP contribution in [0.4, 0.5) is 0 Å². The van der Waals surface area contributed by atoms with Crippen molar-refractivity contribution in [3.05, 3.63) is 0 Å². The van der Waals surface area contributed by atoms with Crippen LogP contribution in [0.25, 0.3) is 0 Å². The zero-order valence-corrected chi connectivity index (χ0v) is 12.1. The Labute approximate surface area is 111 Å². The lowest BCUT2D eigenvalue weighted by molar-refractivity contribution is -0.129. The van der Waals surface area contributed by atoms with E-state index in [-0.39, 0.29) is 5.91 Å². The van der Waals surface area contributed by atoms with E-state index in [2.05, 4.69) is 19.2 Å². The molecular formula is C15H28N2O. The van der Waals surface area contributed by atoms with E-state index in [1.54, 1.807) is 6.92 Å². The molecule has 3 atom stereocenters. The molecule has 1 aliphatic carbocycles. The van der Waals surface area contributed by atoms with E-state index < -0.39 is 0 Å². The highest BCUT2D eigenvalue weighted by Crippen LogP contribution is 2.30. The lowest BCUT2D eigenvalue weighted by Gasteiger charge is -2.39. The second-order valence-electron chi connectivity index (χ2n) is 6.32. The Kier molecular flexibility index (Phi) is 4.66. The molecule has 0 aromatic carbocycles. The largest absolute Gasteiger partial charge is 0.343 e. The molecule has 3 unspecified atom stereocenters. The minimum absolute atomic E-state index is 0.230. The summed E-state index contributed by atoms with van der Waals surface area (Å²) in [4.78, 5) is 13.3. The second kappa shape index (κ2) is 6.05. The van der Waals surface area contributed by atoms with Crippen LogP contribution in [-0.2, 0) is 4.79 Å². The van der Waals surface area contributed by atoms with Crippen LogP contribution in [0.1, 0.15) is 52.9 Å². The number of amides is 1. The Morgan fingerprint density at radius 3 is 2.39 bits per heavy atom. The zero-order chi connectivity index (χ0) is 13.1. The Balaban J connectivity index is 1.79. The topological polar surface area (TPSA) is 32.3 Å². The van der Waals surface area contributed by atoms with E-state index in [4.69, 9.17) is 0 Å². The van der Waals surface area contributed by atoms with Gasteiger partial charge in [0.1, 0.15) is 0 Å². The molecule has 3 nitrogen and oxygen atoms in total. The maximum Gasteiger partial charge on any atom is 0.219 e. The smallest absolute Gasteiger partial charge is 0.219 e. The van der Waals surface area contributed by atoms with Gasteiger partial charge >= 0.3 is 0 Å². The highest BCUT2D eigenvalue weighted by Gasteiger charge is 2.30. The van der Waals surface area contributed by atoms with E-state index in [0.717, 1.165) is 37.8 Å². The first-order valence-electron chi connectivity index (χ1n) is 7.59. The average molecular weight is 252 g/mol. The van der Waals surface area contributed by atoms with Gasteiger partial charge in [-0.05, 0) is 31.1 Å². The first-order valence-corrected chi connectivity index (χ1v) is 7.59. The van der Waals surface area contributed by atoms with E-state index in [1.165, 1.54) is 19.3 Å². The molecule has 1 amide bonds. The minimum atomic E-state index is 0.230. The third kappa shape index (κ3) is 3.25. The van der Waals surface area contributed by atoms with Gasteiger partial charge in [0.15, 0.2) is 0 Å². The molecule has 3 heteroatoms. The summed E-state index contributed by atoms with van der Waals surface area (Å²) in [7, 11) is 0. The number of carbonyl (C=O) groups excluding carboxylic acids is 1. The molecule has 2 aliphatic rings. The summed E-state index contributed by atoms with van der Waals surface area (Å²) in [6.07, 6.45) is 6.34. The summed E-state index contributed by atoms with van der Waals surface area (Å²) >= 11 is 0. The fraction of sp³-hybridized carbons (Fsp3) is 0.933. The third-order valence-electron chi connectivity index (χ3n) is 5.10. The van der Waals surface area contributed by atoms with Crippen molar-refractivity contribution in [3.8, 4) is 0 Å². The predicted molar refractivity (Wildman–Crippen MR) is 74.4 cm³/mol. The van der Waals surface area contributed by atoms with Crippen LogP contribution in [0.3, 0.4) is 0 Å². The molecule has 0 spiro atoms. The van der Waals surface area contributed by atoms with Gasteiger partial charge in [0.25, 0.3) is 0 Å². The van der Waals surface area contributed by atoms with Crippen molar-refractivity contribution in [2.45, 2.75) is 65.0 Å². The van der Waals surface area contributed by atoms with Crippen LogP contribution < -0.4 is 5.32 Å². The molecule has 1 heterocycles. The van der Waals surface area contributed by atoms with E-state index in [9.17, 15) is 4.79 Å². The van der Waals surface area contributed by atoms with Gasteiger partial charge in [-0.2, -0.15) is 0 Å². The minimum Gasteiger partial charge on any atom is -0.343 e. The Hall–Kier alpha value is -0.570. The van der Waals surface area contributed by atoms with E-state index in [0.29, 0.717) is 12.1 Å². The van der Waals surface area contributed by atoms with Gasteiger partial charge in [-0.15, -0.1) is 0 Å². The highest BCUT2D eigenvalue weighted by atomic mass is 16.2. The lowest BCUT2D eigenvalue weighted by Crippen LogP contribution is -2.50. The van der Waals surface area contributed by atoms with Crippen LogP contribution in [0.15, 0.2) is 0 Å². The summed E-state index contributed by atoms with van der Waals surface area (Å²) < 4.78 is 0. The van der Waals surface area contributed by atoms with Crippen LogP contribution in [0, 0.1) is 11.8 Å². The second-order valence-corrected chi connectivity index (χ2v) is 6.32. The quantitative estimate of drug-likeness (QED) is 0.818. The van der Waals surface area contributed by atoms with Crippen LogP contribution in [0.5, 0.6) is 0 Å². The zero-order valence-electron chi connectivity index (χ0n) is 12.1. The predicted octanol–water partition coefficient (Wildman–Crippen LogP) is 2.41. The molecule has 1 N–H and O–H groups in total. The molecular weight excluding hydrogens is 224 g/mol. The normalized spacial score (nSPS) is 34.6. The Bertz CT molecular complexity index is 284. The van der Waals surface area contributed by atoms with Gasteiger partial charge in [-0.25, -0.2) is 0 Å². The van der Waals surface area contributed by atoms with Gasteiger partial charge in [-0.1, -0.05) is 26.7 Å². The standard InChI is InChI=1S/C15H28N2O/c1-11-5-4-6-15(12(11)2)16-14-7-9-17(10-8-14)13(3)18/h11-12,14-16H,4-10H2,1-3H3. The molecule has 0 radical (unpaired) electrons. The van der Waals surface area contributed by atoms with Gasteiger partial charge in [-0.3, -0.25) is 4.79 Å². The number of rotatable bonds is 2. The third-order valence-corrected chi connectivity index (χ3v) is 5.10. The maximum atomic E-state index is 11.3. The molecule has 0 bridgehead atoms. The molecule has 18 heavy (non-hydrogen) atoms. The maximum absolute atomic E-state index is 11.3. The molecule has 0 aromatic rings. The first-order chi connectivity index (χ1) is 8.58. The molecule has 1 saturated heterocycles. The average Bonchev–Trinajstić information content (AvgIpc) is 2.36. The lowest BCUT2D eigenvalue weighted by atomic mass is 9.77.